The van der Waals surface area contributed by atoms with Crippen LogP contribution in [0, 0.1) is 30.9 Å². The van der Waals surface area contributed by atoms with Gasteiger partial charge in [0.25, 0.3) is 5.69 Å². The Labute approximate surface area is 170 Å². The monoisotopic (exact) mass is 410 g/mol. The lowest BCUT2D eigenvalue weighted by Crippen LogP contribution is -2.12. The second-order valence-electron chi connectivity index (χ2n) is 6.57. The van der Waals surface area contributed by atoms with Crippen molar-refractivity contribution in [1.82, 2.24) is 4.68 Å². The van der Waals surface area contributed by atoms with Crippen molar-refractivity contribution in [2.45, 2.75) is 20.8 Å². The molecule has 0 saturated carbocycles. The number of nitro groups is 1. The first kappa shape index (κ1) is 18.9. The second kappa shape index (κ2) is 7.51. The van der Waals surface area contributed by atoms with E-state index in [0.717, 1.165) is 22.5 Å². The highest BCUT2D eigenvalue weighted by molar-refractivity contribution is 7.07. The predicted octanol–water partition coefficient (Wildman–Crippen LogP) is 4.23. The molecule has 9 heteroatoms. The summed E-state index contributed by atoms with van der Waals surface area (Å²) in [7, 11) is 0. The number of hydrogen-bond acceptors (Lipinski definition) is 7. The zero-order valence-corrected chi connectivity index (χ0v) is 16.9. The Kier molecular flexibility index (Phi) is 4.89. The first-order valence-electron chi connectivity index (χ1n) is 8.84. The molecule has 0 fully saturated rings. The Balaban J connectivity index is 1.78. The Morgan fingerprint density at radius 1 is 1.21 bits per heavy atom. The van der Waals surface area contributed by atoms with Crippen LogP contribution in [0.15, 0.2) is 45.8 Å². The normalized spacial score (nSPS) is 13.4. The van der Waals surface area contributed by atoms with Crippen LogP contribution in [-0.4, -0.2) is 22.6 Å². The summed E-state index contributed by atoms with van der Waals surface area (Å²) in [5.74, 6) is 0.822. The van der Waals surface area contributed by atoms with Gasteiger partial charge in [0.2, 0.25) is 11.6 Å². The van der Waals surface area contributed by atoms with Crippen molar-refractivity contribution in [3.8, 4) is 11.5 Å². The van der Waals surface area contributed by atoms with Crippen molar-refractivity contribution in [3.63, 3.8) is 0 Å². The van der Waals surface area contributed by atoms with Gasteiger partial charge in [-0.25, -0.2) is 9.67 Å². The number of nitro benzene ring substituents is 1. The van der Waals surface area contributed by atoms with Crippen molar-refractivity contribution in [2.75, 3.05) is 6.79 Å². The number of rotatable bonds is 4. The average Bonchev–Trinajstić information content (AvgIpc) is 3.29. The molecule has 3 aromatic rings. The molecule has 0 bridgehead atoms. The molecule has 0 aliphatic carbocycles. The fourth-order valence-electron chi connectivity index (χ4n) is 2.89. The van der Waals surface area contributed by atoms with Crippen LogP contribution in [0.3, 0.4) is 0 Å². The van der Waals surface area contributed by atoms with Gasteiger partial charge in [0.1, 0.15) is 0 Å². The van der Waals surface area contributed by atoms with E-state index in [0.29, 0.717) is 21.9 Å². The number of fused-ring (bicyclic) bond motifs is 1. The molecular weight excluding hydrogens is 392 g/mol. The van der Waals surface area contributed by atoms with Gasteiger partial charge in [-0.2, -0.15) is 5.10 Å². The molecule has 1 aromatic heterocycles. The summed E-state index contributed by atoms with van der Waals surface area (Å²) < 4.78 is 12.2. The fourth-order valence-corrected chi connectivity index (χ4v) is 3.71. The Morgan fingerprint density at radius 2 is 1.97 bits per heavy atom. The first-order valence-corrected chi connectivity index (χ1v) is 9.72. The zero-order chi connectivity index (χ0) is 20.5. The molecule has 29 heavy (non-hydrogen) atoms. The van der Waals surface area contributed by atoms with Crippen LogP contribution < -0.4 is 14.3 Å². The number of nitrogens with zero attached hydrogens (tertiary/aromatic N) is 4. The van der Waals surface area contributed by atoms with E-state index in [-0.39, 0.29) is 12.5 Å². The summed E-state index contributed by atoms with van der Waals surface area (Å²) in [6.45, 7) is 6.02. The number of ether oxygens (including phenoxy) is 2. The van der Waals surface area contributed by atoms with E-state index in [2.05, 4.69) is 5.10 Å². The molecule has 0 saturated heterocycles. The number of aryl methyl sites for hydroxylation is 2. The molecule has 0 spiro atoms. The van der Waals surface area contributed by atoms with E-state index >= 15 is 0 Å². The summed E-state index contributed by atoms with van der Waals surface area (Å²) >= 11 is 1.46. The topological polar surface area (TPSA) is 91.2 Å². The maximum Gasteiger partial charge on any atom is 0.282 e. The molecule has 8 nitrogen and oxygen atoms in total. The van der Waals surface area contributed by atoms with Gasteiger partial charge in [0.05, 0.1) is 34.1 Å². The van der Waals surface area contributed by atoms with Gasteiger partial charge in [-0.15, -0.1) is 11.3 Å². The van der Waals surface area contributed by atoms with Crippen LogP contribution in [0.2, 0.25) is 0 Å². The number of benzene rings is 2. The molecule has 4 rings (SSSR count). The SMILES string of the molecule is Cc1cccc(N=c2scc(C)n2N=Cc2cc3c(cc2[N+](=O)[O-])OCO3)c1C. The molecule has 0 unspecified atom stereocenters. The maximum atomic E-state index is 11.5. The van der Waals surface area contributed by atoms with Crippen LogP contribution in [-0.2, 0) is 0 Å². The van der Waals surface area contributed by atoms with Gasteiger partial charge in [-0.1, -0.05) is 12.1 Å². The zero-order valence-electron chi connectivity index (χ0n) is 16.1. The minimum absolute atomic E-state index is 0.0460. The van der Waals surface area contributed by atoms with Gasteiger partial charge in [-0.3, -0.25) is 10.1 Å². The van der Waals surface area contributed by atoms with Crippen molar-refractivity contribution in [2.24, 2.45) is 10.1 Å². The van der Waals surface area contributed by atoms with Gasteiger partial charge in [0, 0.05) is 5.38 Å². The number of thiazole rings is 1. The van der Waals surface area contributed by atoms with Crippen molar-refractivity contribution < 1.29 is 14.4 Å². The van der Waals surface area contributed by atoms with Crippen LogP contribution in [0.5, 0.6) is 11.5 Å². The Morgan fingerprint density at radius 3 is 2.72 bits per heavy atom. The number of aromatic nitrogens is 1. The van der Waals surface area contributed by atoms with E-state index in [4.69, 9.17) is 14.5 Å². The minimum Gasteiger partial charge on any atom is -0.454 e. The van der Waals surface area contributed by atoms with Crippen LogP contribution in [0.4, 0.5) is 11.4 Å². The van der Waals surface area contributed by atoms with E-state index < -0.39 is 4.92 Å². The first-order chi connectivity index (χ1) is 13.9. The van der Waals surface area contributed by atoms with Crippen molar-refractivity contribution in [3.05, 3.63) is 73.0 Å². The van der Waals surface area contributed by atoms with Crippen molar-refractivity contribution >= 4 is 28.9 Å². The molecule has 0 amide bonds. The van der Waals surface area contributed by atoms with E-state index in [1.54, 1.807) is 10.7 Å². The van der Waals surface area contributed by atoms with Gasteiger partial charge in [-0.05, 0) is 44.0 Å². The highest BCUT2D eigenvalue weighted by Crippen LogP contribution is 2.37. The fraction of sp³-hybridized carbons (Fsp3) is 0.200. The Hall–Kier alpha value is -3.46. The molecule has 148 valence electrons. The average molecular weight is 410 g/mol. The smallest absolute Gasteiger partial charge is 0.282 e. The molecule has 0 atom stereocenters. The summed E-state index contributed by atoms with van der Waals surface area (Å²) in [5.41, 5.74) is 4.23. The minimum atomic E-state index is -0.462. The predicted molar refractivity (Wildman–Crippen MR) is 110 cm³/mol. The summed E-state index contributed by atoms with van der Waals surface area (Å²) in [6.07, 6.45) is 1.45. The quantitative estimate of drug-likeness (QED) is 0.366. The molecule has 1 aliphatic heterocycles. The summed E-state index contributed by atoms with van der Waals surface area (Å²) in [4.78, 5) is 16.4. The van der Waals surface area contributed by atoms with Crippen molar-refractivity contribution in [1.29, 1.82) is 0 Å². The Bertz CT molecular complexity index is 1210. The highest BCUT2D eigenvalue weighted by Gasteiger charge is 2.22. The van der Waals surface area contributed by atoms with Gasteiger partial charge >= 0.3 is 0 Å². The molecule has 2 heterocycles. The molecule has 0 radical (unpaired) electrons. The number of hydrogen-bond donors (Lipinski definition) is 0. The van der Waals surface area contributed by atoms with Gasteiger partial charge in [0.15, 0.2) is 11.5 Å². The summed E-state index contributed by atoms with van der Waals surface area (Å²) in [5, 5.41) is 17.9. The van der Waals surface area contributed by atoms with Gasteiger partial charge < -0.3 is 9.47 Å². The maximum absolute atomic E-state index is 11.5. The lowest BCUT2D eigenvalue weighted by atomic mass is 10.1. The third-order valence-corrected chi connectivity index (χ3v) is 5.61. The van der Waals surface area contributed by atoms with Crippen LogP contribution in [0.25, 0.3) is 0 Å². The second-order valence-corrected chi connectivity index (χ2v) is 7.40. The van der Waals surface area contributed by atoms with E-state index in [1.807, 2.05) is 44.4 Å². The summed E-state index contributed by atoms with van der Waals surface area (Å²) in [6, 6.07) is 8.88. The van der Waals surface area contributed by atoms with Crippen LogP contribution in [0.1, 0.15) is 22.4 Å². The van der Waals surface area contributed by atoms with Crippen LogP contribution >= 0.6 is 11.3 Å². The molecule has 1 aliphatic rings. The third kappa shape index (κ3) is 3.64. The lowest BCUT2D eigenvalue weighted by Gasteiger charge is -2.04. The largest absolute Gasteiger partial charge is 0.454 e. The third-order valence-electron chi connectivity index (χ3n) is 4.67. The molecule has 0 N–H and O–H groups in total. The van der Waals surface area contributed by atoms with E-state index in [1.165, 1.54) is 23.6 Å². The lowest BCUT2D eigenvalue weighted by molar-refractivity contribution is -0.385. The standard InChI is InChI=1S/C20H18N4O4S/c1-12-5-4-6-16(14(12)3)22-20-23(13(2)10-29-20)21-9-15-7-18-19(28-11-27-18)8-17(15)24(25)26/h4-10H,11H2,1-3H3. The molecule has 2 aromatic carbocycles. The van der Waals surface area contributed by atoms with E-state index in [9.17, 15) is 10.1 Å². The molecular formula is C20H18N4O4S. The highest BCUT2D eigenvalue weighted by atomic mass is 32.1.